The van der Waals surface area contributed by atoms with Gasteiger partial charge < -0.3 is 9.73 Å². The van der Waals surface area contributed by atoms with Crippen molar-refractivity contribution in [1.82, 2.24) is 15.3 Å². The van der Waals surface area contributed by atoms with Crippen LogP contribution in [0.4, 0.5) is 5.00 Å². The average Bonchev–Trinajstić information content (AvgIpc) is 3.42. The molecule has 0 bridgehead atoms. The van der Waals surface area contributed by atoms with Gasteiger partial charge in [-0.1, -0.05) is 19.3 Å². The van der Waals surface area contributed by atoms with Crippen molar-refractivity contribution in [3.63, 3.8) is 0 Å². The fraction of sp³-hybridized carbons (Fsp3) is 0.440. The standard InChI is InChI=1S/C25H28N4O2S2/c1-16-13-14-26-25(28-16)33-21-12-11-18(31-21)15-27-24-22(19-9-5-6-10-20(19)32-24)23(30)29-17-7-3-2-4-8-17/h11-15,17H,2-10H2,1H3,(H,29,30). The van der Waals surface area contributed by atoms with E-state index >= 15 is 0 Å². The van der Waals surface area contributed by atoms with Gasteiger partial charge in [0.1, 0.15) is 10.8 Å². The molecule has 2 aliphatic carbocycles. The predicted molar refractivity (Wildman–Crippen MR) is 132 cm³/mol. The average molecular weight is 481 g/mol. The highest BCUT2D eigenvalue weighted by molar-refractivity contribution is 7.99. The van der Waals surface area contributed by atoms with Gasteiger partial charge in [-0.15, -0.1) is 11.3 Å². The van der Waals surface area contributed by atoms with Gasteiger partial charge in [-0.05, 0) is 81.0 Å². The Morgan fingerprint density at radius 3 is 2.88 bits per heavy atom. The van der Waals surface area contributed by atoms with Gasteiger partial charge in [0.05, 0.1) is 11.8 Å². The van der Waals surface area contributed by atoms with Crippen molar-refractivity contribution >= 4 is 40.2 Å². The molecule has 0 radical (unpaired) electrons. The smallest absolute Gasteiger partial charge is 0.254 e. The molecule has 0 atom stereocenters. The normalized spacial score (nSPS) is 16.8. The third kappa shape index (κ3) is 5.38. The molecule has 33 heavy (non-hydrogen) atoms. The molecular weight excluding hydrogens is 452 g/mol. The Bertz CT molecular complexity index is 1160. The second-order valence-corrected chi connectivity index (χ2v) is 10.8. The third-order valence-corrected chi connectivity index (χ3v) is 8.20. The van der Waals surface area contributed by atoms with Crippen LogP contribution in [0.1, 0.15) is 77.2 Å². The molecule has 1 saturated carbocycles. The van der Waals surface area contributed by atoms with E-state index in [1.54, 1.807) is 23.7 Å². The molecule has 8 heteroatoms. The zero-order chi connectivity index (χ0) is 22.6. The molecular formula is C25H28N4O2S2. The summed E-state index contributed by atoms with van der Waals surface area (Å²) in [5.41, 5.74) is 2.91. The summed E-state index contributed by atoms with van der Waals surface area (Å²) in [4.78, 5) is 28.0. The maximum atomic E-state index is 13.3. The number of hydrogen-bond donors (Lipinski definition) is 1. The minimum Gasteiger partial charge on any atom is -0.448 e. The number of thiophene rings is 1. The predicted octanol–water partition coefficient (Wildman–Crippen LogP) is 6.28. The Balaban J connectivity index is 1.35. The Kier molecular flexibility index (Phi) is 6.92. The highest BCUT2D eigenvalue weighted by Gasteiger charge is 2.27. The SMILES string of the molecule is Cc1ccnc(Sc2ccc(C=Nc3sc4c(c3C(=O)NC3CCCCC3)CCCC4)o2)n1. The molecule has 3 aromatic heterocycles. The van der Waals surface area contributed by atoms with Crippen LogP contribution in [0.2, 0.25) is 0 Å². The van der Waals surface area contributed by atoms with Crippen molar-refractivity contribution in [1.29, 1.82) is 0 Å². The molecule has 3 aromatic rings. The van der Waals surface area contributed by atoms with Gasteiger partial charge in [0.15, 0.2) is 10.2 Å². The molecule has 1 amide bonds. The van der Waals surface area contributed by atoms with E-state index in [1.807, 2.05) is 25.1 Å². The van der Waals surface area contributed by atoms with Gasteiger partial charge in [0.25, 0.3) is 5.91 Å². The summed E-state index contributed by atoms with van der Waals surface area (Å²) in [7, 11) is 0. The number of nitrogens with zero attached hydrogens (tertiary/aromatic N) is 3. The number of amides is 1. The Morgan fingerprint density at radius 2 is 2.03 bits per heavy atom. The Morgan fingerprint density at radius 1 is 1.18 bits per heavy atom. The number of aliphatic imine (C=N–C) groups is 1. The lowest BCUT2D eigenvalue weighted by Gasteiger charge is -2.23. The maximum Gasteiger partial charge on any atom is 0.254 e. The van der Waals surface area contributed by atoms with Crippen molar-refractivity contribution in [3.8, 4) is 0 Å². The van der Waals surface area contributed by atoms with Crippen LogP contribution in [0.5, 0.6) is 0 Å². The van der Waals surface area contributed by atoms with E-state index < -0.39 is 0 Å². The first-order valence-electron chi connectivity index (χ1n) is 11.7. The van der Waals surface area contributed by atoms with E-state index in [9.17, 15) is 4.79 Å². The summed E-state index contributed by atoms with van der Waals surface area (Å²) in [5, 5.41) is 5.46. The van der Waals surface area contributed by atoms with Gasteiger partial charge in [-0.2, -0.15) is 0 Å². The number of rotatable bonds is 6. The zero-order valence-electron chi connectivity index (χ0n) is 18.8. The molecule has 0 aromatic carbocycles. The van der Waals surface area contributed by atoms with Crippen LogP contribution in [-0.4, -0.2) is 28.1 Å². The minimum absolute atomic E-state index is 0.0423. The Labute approximate surface area is 202 Å². The lowest BCUT2D eigenvalue weighted by Crippen LogP contribution is -2.36. The van der Waals surface area contributed by atoms with Crippen molar-refractivity contribution in [2.75, 3.05) is 0 Å². The molecule has 1 fully saturated rings. The monoisotopic (exact) mass is 480 g/mol. The molecule has 172 valence electrons. The van der Waals surface area contributed by atoms with Crippen LogP contribution in [-0.2, 0) is 12.8 Å². The van der Waals surface area contributed by atoms with Crippen LogP contribution < -0.4 is 5.32 Å². The van der Waals surface area contributed by atoms with Crippen LogP contribution in [0.15, 0.2) is 44.1 Å². The van der Waals surface area contributed by atoms with Gasteiger partial charge >= 0.3 is 0 Å². The molecule has 0 aliphatic heterocycles. The van der Waals surface area contributed by atoms with Crippen molar-refractivity contribution in [3.05, 3.63) is 51.9 Å². The first-order valence-corrected chi connectivity index (χ1v) is 13.4. The van der Waals surface area contributed by atoms with Gasteiger partial charge in [0, 0.05) is 22.8 Å². The number of aryl methyl sites for hydroxylation is 2. The molecule has 3 heterocycles. The minimum atomic E-state index is 0.0423. The Hall–Kier alpha value is -2.45. The lowest BCUT2D eigenvalue weighted by molar-refractivity contribution is 0.0927. The van der Waals surface area contributed by atoms with Crippen LogP contribution in [0.25, 0.3) is 0 Å². The summed E-state index contributed by atoms with van der Waals surface area (Å²) in [6.45, 7) is 1.94. The first-order chi connectivity index (χ1) is 16.2. The van der Waals surface area contributed by atoms with Gasteiger partial charge in [-0.3, -0.25) is 4.79 Å². The second-order valence-electron chi connectivity index (χ2n) is 8.70. The molecule has 0 spiro atoms. The number of fused-ring (bicyclic) bond motifs is 1. The summed E-state index contributed by atoms with van der Waals surface area (Å²) in [6.07, 6.45) is 13.6. The zero-order valence-corrected chi connectivity index (χ0v) is 20.4. The molecule has 0 saturated heterocycles. The number of furan rings is 1. The molecule has 6 nitrogen and oxygen atoms in total. The first kappa shape index (κ1) is 22.3. The number of aromatic nitrogens is 2. The van der Waals surface area contributed by atoms with E-state index in [0.29, 0.717) is 16.0 Å². The third-order valence-electron chi connectivity index (χ3n) is 6.20. The quantitative estimate of drug-likeness (QED) is 0.332. The maximum absolute atomic E-state index is 13.3. The van der Waals surface area contributed by atoms with E-state index in [0.717, 1.165) is 48.4 Å². The lowest BCUT2D eigenvalue weighted by atomic mass is 9.93. The van der Waals surface area contributed by atoms with Crippen molar-refractivity contribution in [2.24, 2.45) is 4.99 Å². The molecule has 0 unspecified atom stereocenters. The van der Waals surface area contributed by atoms with E-state index in [4.69, 9.17) is 9.41 Å². The number of carbonyl (C=O) groups excluding carboxylic acids is 1. The molecule has 1 N–H and O–H groups in total. The second kappa shape index (κ2) is 10.2. The fourth-order valence-corrected chi connectivity index (χ4v) is 6.51. The van der Waals surface area contributed by atoms with Crippen LogP contribution >= 0.6 is 23.1 Å². The number of carbonyl (C=O) groups is 1. The summed E-state index contributed by atoms with van der Waals surface area (Å²) < 4.78 is 5.91. The van der Waals surface area contributed by atoms with Gasteiger partial charge in [-0.25, -0.2) is 15.0 Å². The summed E-state index contributed by atoms with van der Waals surface area (Å²) >= 11 is 3.04. The largest absolute Gasteiger partial charge is 0.448 e. The number of nitrogens with one attached hydrogen (secondary N) is 1. The highest BCUT2D eigenvalue weighted by Crippen LogP contribution is 2.40. The number of hydrogen-bond acceptors (Lipinski definition) is 7. The molecule has 5 rings (SSSR count). The van der Waals surface area contributed by atoms with Gasteiger partial charge in [0.2, 0.25) is 0 Å². The molecule has 2 aliphatic rings. The van der Waals surface area contributed by atoms with Crippen LogP contribution in [0.3, 0.4) is 0 Å². The highest BCUT2D eigenvalue weighted by atomic mass is 32.2. The summed E-state index contributed by atoms with van der Waals surface area (Å²) in [5.74, 6) is 0.691. The van der Waals surface area contributed by atoms with Crippen molar-refractivity contribution in [2.45, 2.75) is 81.0 Å². The van der Waals surface area contributed by atoms with Crippen molar-refractivity contribution < 1.29 is 9.21 Å². The fourth-order valence-electron chi connectivity index (χ4n) is 4.53. The van der Waals surface area contributed by atoms with Crippen LogP contribution in [0, 0.1) is 6.92 Å². The summed E-state index contributed by atoms with van der Waals surface area (Å²) in [6, 6.07) is 5.94. The van der Waals surface area contributed by atoms with E-state index in [1.165, 1.54) is 47.9 Å². The van der Waals surface area contributed by atoms with E-state index in [-0.39, 0.29) is 11.9 Å². The van der Waals surface area contributed by atoms with E-state index in [2.05, 4.69) is 15.3 Å². The topological polar surface area (TPSA) is 80.4 Å².